The number of carbonyl (C=O) groups is 3. The maximum atomic E-state index is 15.2. The molecule has 3 aromatic rings. The maximum absolute atomic E-state index is 15.2. The summed E-state index contributed by atoms with van der Waals surface area (Å²) in [4.78, 5) is 49.7. The summed E-state index contributed by atoms with van der Waals surface area (Å²) in [6.07, 6.45) is 4.78. The quantitative estimate of drug-likeness (QED) is 0.261. The first-order valence-corrected chi connectivity index (χ1v) is 16.5. The van der Waals surface area contributed by atoms with Crippen molar-refractivity contribution in [1.29, 1.82) is 0 Å². The summed E-state index contributed by atoms with van der Waals surface area (Å²) in [5.41, 5.74) is 3.75. The van der Waals surface area contributed by atoms with Gasteiger partial charge in [-0.1, -0.05) is 12.1 Å². The molecule has 8 nitrogen and oxygen atoms in total. The molecule has 2 aromatic carbocycles. The summed E-state index contributed by atoms with van der Waals surface area (Å²) in [5.74, 6) is -0.0411. The van der Waals surface area contributed by atoms with E-state index >= 15 is 4.39 Å². The molecule has 4 heterocycles. The fourth-order valence-electron chi connectivity index (χ4n) is 6.97. The number of anilines is 1. The Bertz CT molecular complexity index is 1500. The molecule has 0 radical (unpaired) electrons. The minimum Gasteiger partial charge on any atom is -0.497 e. The Hall–Kier alpha value is -4.11. The molecule has 0 spiro atoms. The summed E-state index contributed by atoms with van der Waals surface area (Å²) >= 11 is 0. The predicted molar refractivity (Wildman–Crippen MR) is 175 cm³/mol. The van der Waals surface area contributed by atoms with Crippen molar-refractivity contribution in [2.75, 3.05) is 51.3 Å². The van der Waals surface area contributed by atoms with E-state index in [4.69, 9.17) is 4.74 Å². The third kappa shape index (κ3) is 7.47. The number of benzene rings is 2. The van der Waals surface area contributed by atoms with Gasteiger partial charge < -0.3 is 14.5 Å². The summed E-state index contributed by atoms with van der Waals surface area (Å²) in [6, 6.07) is 18.9. The lowest BCUT2D eigenvalue weighted by molar-refractivity contribution is 0.0644. The Morgan fingerprint density at radius 3 is 2.17 bits per heavy atom. The molecule has 0 aliphatic carbocycles. The van der Waals surface area contributed by atoms with Crippen LogP contribution in [0.25, 0.3) is 0 Å². The van der Waals surface area contributed by atoms with E-state index in [1.165, 1.54) is 30.3 Å². The van der Waals surface area contributed by atoms with Gasteiger partial charge in [0.2, 0.25) is 0 Å². The van der Waals surface area contributed by atoms with Gasteiger partial charge in [0.05, 0.1) is 7.11 Å². The molecular formula is C37H43FN4O4. The number of pyridine rings is 1. The number of methoxy groups -OCH3 is 1. The van der Waals surface area contributed by atoms with E-state index in [1.807, 2.05) is 0 Å². The molecule has 3 fully saturated rings. The number of Topliss-reactive ketones (excluding diaryl/α,β-unsaturated/α-hetero) is 2. The van der Waals surface area contributed by atoms with Crippen molar-refractivity contribution in [2.45, 2.75) is 51.2 Å². The monoisotopic (exact) mass is 626 g/mol. The third-order valence-corrected chi connectivity index (χ3v) is 9.85. The van der Waals surface area contributed by atoms with Gasteiger partial charge in [-0.05, 0) is 98.7 Å². The molecule has 6 rings (SSSR count). The average molecular weight is 627 g/mol. The highest BCUT2D eigenvalue weighted by Gasteiger charge is 2.32. The molecule has 242 valence electrons. The number of ether oxygens (including phenoxy) is 1. The van der Waals surface area contributed by atoms with Gasteiger partial charge in [0.25, 0.3) is 5.91 Å². The van der Waals surface area contributed by atoms with Crippen LogP contribution in [0.2, 0.25) is 0 Å². The number of carbonyl (C=O) groups excluding carboxylic acids is 3. The summed E-state index contributed by atoms with van der Waals surface area (Å²) in [5, 5.41) is 0. The first kappa shape index (κ1) is 31.9. The van der Waals surface area contributed by atoms with Crippen LogP contribution in [0, 0.1) is 11.8 Å². The van der Waals surface area contributed by atoms with Crippen molar-refractivity contribution in [3.8, 4) is 5.75 Å². The number of hydrogen-bond donors (Lipinski definition) is 0. The highest BCUT2D eigenvalue weighted by molar-refractivity contribution is 5.99. The zero-order valence-electron chi connectivity index (χ0n) is 26.6. The van der Waals surface area contributed by atoms with Crippen LogP contribution in [0.15, 0.2) is 66.9 Å². The number of nitrogens with zero attached hydrogens (tertiary/aromatic N) is 4. The number of amides is 1. The minimum atomic E-state index is -1.07. The maximum Gasteiger partial charge on any atom is 0.272 e. The summed E-state index contributed by atoms with van der Waals surface area (Å²) in [7, 11) is 1.59. The zero-order valence-corrected chi connectivity index (χ0v) is 26.6. The van der Waals surface area contributed by atoms with Gasteiger partial charge in [-0.25, -0.2) is 4.39 Å². The first-order valence-electron chi connectivity index (χ1n) is 16.5. The number of aromatic nitrogens is 1. The van der Waals surface area contributed by atoms with Gasteiger partial charge in [0.1, 0.15) is 17.6 Å². The van der Waals surface area contributed by atoms with Gasteiger partial charge >= 0.3 is 0 Å². The number of piperidine rings is 2. The van der Waals surface area contributed by atoms with Crippen LogP contribution in [0.3, 0.4) is 0 Å². The molecule has 0 bridgehead atoms. The number of ketones is 2. The molecule has 46 heavy (non-hydrogen) atoms. The molecule has 1 unspecified atom stereocenters. The van der Waals surface area contributed by atoms with E-state index in [2.05, 4.69) is 39.0 Å². The Morgan fingerprint density at radius 1 is 0.848 bits per heavy atom. The lowest BCUT2D eigenvalue weighted by Crippen LogP contribution is -2.42. The molecule has 3 saturated heterocycles. The lowest BCUT2D eigenvalue weighted by Gasteiger charge is -2.34. The van der Waals surface area contributed by atoms with Gasteiger partial charge in [0, 0.05) is 74.6 Å². The minimum absolute atomic E-state index is 0.0829. The van der Waals surface area contributed by atoms with Crippen LogP contribution < -0.4 is 9.64 Å². The fourth-order valence-corrected chi connectivity index (χ4v) is 6.97. The van der Waals surface area contributed by atoms with Crippen molar-refractivity contribution < 1.29 is 23.5 Å². The number of likely N-dealkylation sites (tertiary alicyclic amines) is 2. The highest BCUT2D eigenvalue weighted by Crippen LogP contribution is 2.28. The van der Waals surface area contributed by atoms with Gasteiger partial charge in [-0.2, -0.15) is 0 Å². The number of halogens is 1. The third-order valence-electron chi connectivity index (χ3n) is 9.85. The van der Waals surface area contributed by atoms with E-state index in [9.17, 15) is 14.4 Å². The van der Waals surface area contributed by atoms with Crippen molar-refractivity contribution in [2.24, 2.45) is 11.8 Å². The van der Waals surface area contributed by atoms with E-state index in [0.717, 1.165) is 19.6 Å². The van der Waals surface area contributed by atoms with Crippen LogP contribution in [0.4, 0.5) is 10.1 Å². The molecule has 3 aliphatic heterocycles. The molecule has 0 saturated carbocycles. The fraction of sp³-hybridized carbons (Fsp3) is 0.459. The highest BCUT2D eigenvalue weighted by atomic mass is 19.1. The van der Waals surface area contributed by atoms with Crippen LogP contribution in [-0.2, 0) is 6.54 Å². The molecule has 9 heteroatoms. The SMILES string of the molecule is COc1ccc(C(=O)C2CCN(C(=O)c3ccc(C(=O)CC4CCN(Cc5ccc(N6CCCC6)cc5)C[C@H]4F)cn3)CC2)cc1. The normalized spacial score (nSPS) is 20.9. The Labute approximate surface area is 270 Å². The van der Waals surface area contributed by atoms with Crippen molar-refractivity contribution in [1.82, 2.24) is 14.8 Å². The Kier molecular flexibility index (Phi) is 10.1. The van der Waals surface area contributed by atoms with Crippen molar-refractivity contribution in [3.63, 3.8) is 0 Å². The summed E-state index contributed by atoms with van der Waals surface area (Å²) in [6.45, 7) is 4.94. The smallest absolute Gasteiger partial charge is 0.272 e. The van der Waals surface area contributed by atoms with Gasteiger partial charge in [0.15, 0.2) is 11.6 Å². The molecule has 1 amide bonds. The predicted octanol–water partition coefficient (Wildman–Crippen LogP) is 5.86. The standard InChI is InChI=1S/C37H43FN4O4/c1-46-32-11-6-27(7-12-32)36(44)28-15-20-42(21-16-28)37(45)34-13-8-30(23-39-34)35(43)22-29-14-19-40(25-33(29)38)24-26-4-9-31(10-5-26)41-17-2-3-18-41/h4-13,23,28-29,33H,2-3,14-22,24-25H2,1H3/t29?,33-/m1/s1. The largest absolute Gasteiger partial charge is 0.497 e. The van der Waals surface area contributed by atoms with Crippen LogP contribution in [0.1, 0.15) is 75.3 Å². The number of alkyl halides is 1. The van der Waals surface area contributed by atoms with E-state index in [-0.39, 0.29) is 41.4 Å². The molecule has 3 aliphatic rings. The molecule has 1 aromatic heterocycles. The average Bonchev–Trinajstić information content (AvgIpc) is 3.65. The second-order valence-electron chi connectivity index (χ2n) is 12.9. The lowest BCUT2D eigenvalue weighted by atomic mass is 9.88. The van der Waals surface area contributed by atoms with Crippen molar-refractivity contribution >= 4 is 23.2 Å². The van der Waals surface area contributed by atoms with Crippen LogP contribution in [0.5, 0.6) is 5.75 Å². The van der Waals surface area contributed by atoms with E-state index < -0.39 is 6.17 Å². The first-order chi connectivity index (χ1) is 22.4. The Morgan fingerprint density at radius 2 is 1.54 bits per heavy atom. The number of hydrogen-bond acceptors (Lipinski definition) is 7. The molecule has 0 N–H and O–H groups in total. The second-order valence-corrected chi connectivity index (χ2v) is 12.9. The zero-order chi connectivity index (χ0) is 32.0. The molecular weight excluding hydrogens is 583 g/mol. The van der Waals surface area contributed by atoms with Gasteiger partial charge in [-0.3, -0.25) is 24.3 Å². The van der Waals surface area contributed by atoms with Gasteiger partial charge in [-0.15, -0.1) is 0 Å². The Balaban J connectivity index is 0.950. The summed E-state index contributed by atoms with van der Waals surface area (Å²) < 4.78 is 20.4. The van der Waals surface area contributed by atoms with Crippen LogP contribution in [-0.4, -0.2) is 84.8 Å². The van der Waals surface area contributed by atoms with Crippen LogP contribution >= 0.6 is 0 Å². The van der Waals surface area contributed by atoms with E-state index in [0.29, 0.717) is 62.3 Å². The second kappa shape index (κ2) is 14.5. The molecule has 2 atom stereocenters. The van der Waals surface area contributed by atoms with Crippen molar-refractivity contribution in [3.05, 3.63) is 89.2 Å². The topological polar surface area (TPSA) is 83.0 Å². The van der Waals surface area contributed by atoms with E-state index in [1.54, 1.807) is 48.4 Å². The number of rotatable bonds is 10.